The third kappa shape index (κ3) is 4.77. The van der Waals surface area contributed by atoms with Crippen LogP contribution in [0.15, 0.2) is 0 Å². The van der Waals surface area contributed by atoms with Crippen LogP contribution < -0.4 is 5.32 Å². The van der Waals surface area contributed by atoms with Gasteiger partial charge >= 0.3 is 0 Å². The maximum Gasteiger partial charge on any atom is 0.239 e. The number of nitrogens with zero attached hydrogens (tertiary/aromatic N) is 1. The molecule has 1 saturated heterocycles. The summed E-state index contributed by atoms with van der Waals surface area (Å²) < 4.78 is 5.28. The summed E-state index contributed by atoms with van der Waals surface area (Å²) >= 11 is 0. The van der Waals surface area contributed by atoms with Crippen molar-refractivity contribution >= 4 is 5.91 Å². The van der Waals surface area contributed by atoms with Crippen LogP contribution in [0.1, 0.15) is 45.4 Å². The van der Waals surface area contributed by atoms with Crippen LogP contribution in [0.4, 0.5) is 0 Å². The molecule has 0 aromatic rings. The predicted molar refractivity (Wildman–Crippen MR) is 76.1 cm³/mol. The van der Waals surface area contributed by atoms with Crippen molar-refractivity contribution in [1.82, 2.24) is 10.2 Å². The highest BCUT2D eigenvalue weighted by atomic mass is 16.5. The topological polar surface area (TPSA) is 41.6 Å². The molecule has 1 aliphatic carbocycles. The van der Waals surface area contributed by atoms with Crippen LogP contribution in [-0.4, -0.2) is 49.7 Å². The van der Waals surface area contributed by atoms with Gasteiger partial charge in [-0.1, -0.05) is 25.7 Å². The van der Waals surface area contributed by atoms with Crippen molar-refractivity contribution in [3.05, 3.63) is 0 Å². The number of carbonyl (C=O) groups excluding carboxylic acids is 1. The Morgan fingerprint density at radius 1 is 1.21 bits per heavy atom. The van der Waals surface area contributed by atoms with E-state index in [1.54, 1.807) is 0 Å². The first-order valence-corrected chi connectivity index (χ1v) is 7.87. The molecule has 110 valence electrons. The summed E-state index contributed by atoms with van der Waals surface area (Å²) in [5, 5.41) is 3.45. The van der Waals surface area contributed by atoms with Gasteiger partial charge in [0.1, 0.15) is 0 Å². The van der Waals surface area contributed by atoms with E-state index in [9.17, 15) is 4.79 Å². The minimum Gasteiger partial charge on any atom is -0.378 e. The van der Waals surface area contributed by atoms with Crippen molar-refractivity contribution in [3.8, 4) is 0 Å². The van der Waals surface area contributed by atoms with Crippen molar-refractivity contribution < 1.29 is 9.53 Å². The molecule has 0 spiro atoms. The number of ether oxygens (including phenoxy) is 1. The zero-order valence-electron chi connectivity index (χ0n) is 12.2. The highest BCUT2D eigenvalue weighted by molar-refractivity contribution is 5.81. The molecule has 1 amide bonds. The SMILES string of the molecule is CC(NCC1CCCCCC1)C(=O)N1CCOCC1. The Morgan fingerprint density at radius 2 is 1.84 bits per heavy atom. The van der Waals surface area contributed by atoms with Crippen LogP contribution in [0.3, 0.4) is 0 Å². The number of amides is 1. The molecule has 1 saturated carbocycles. The second kappa shape index (κ2) is 7.85. The Hall–Kier alpha value is -0.610. The van der Waals surface area contributed by atoms with E-state index in [-0.39, 0.29) is 11.9 Å². The van der Waals surface area contributed by atoms with Gasteiger partial charge in [0.05, 0.1) is 19.3 Å². The molecule has 1 aliphatic heterocycles. The highest BCUT2D eigenvalue weighted by Gasteiger charge is 2.23. The number of nitrogens with one attached hydrogen (secondary N) is 1. The van der Waals surface area contributed by atoms with E-state index in [2.05, 4.69) is 5.32 Å². The predicted octanol–water partition coefficient (Wildman–Crippen LogP) is 1.79. The second-order valence-electron chi connectivity index (χ2n) is 5.93. The standard InChI is InChI=1S/C15H28N2O2/c1-13(15(18)17-8-10-19-11-9-17)16-12-14-6-4-2-3-5-7-14/h13-14,16H,2-12H2,1H3. The summed E-state index contributed by atoms with van der Waals surface area (Å²) in [6.07, 6.45) is 8.14. The van der Waals surface area contributed by atoms with E-state index < -0.39 is 0 Å². The van der Waals surface area contributed by atoms with Crippen molar-refractivity contribution in [2.75, 3.05) is 32.8 Å². The Bertz CT molecular complexity index is 269. The molecule has 0 aromatic carbocycles. The normalized spacial score (nSPS) is 23.9. The minimum absolute atomic E-state index is 0.0543. The molecule has 19 heavy (non-hydrogen) atoms. The van der Waals surface area contributed by atoms with E-state index in [0.717, 1.165) is 25.6 Å². The maximum atomic E-state index is 12.2. The van der Waals surface area contributed by atoms with Gasteiger partial charge in [0.25, 0.3) is 0 Å². The average Bonchev–Trinajstić information content (AvgIpc) is 2.73. The summed E-state index contributed by atoms with van der Waals surface area (Å²) in [6, 6.07) is -0.0543. The van der Waals surface area contributed by atoms with E-state index >= 15 is 0 Å². The number of hydrogen-bond acceptors (Lipinski definition) is 3. The van der Waals surface area contributed by atoms with E-state index in [1.165, 1.54) is 38.5 Å². The molecular weight excluding hydrogens is 240 g/mol. The fraction of sp³-hybridized carbons (Fsp3) is 0.933. The molecule has 2 fully saturated rings. The van der Waals surface area contributed by atoms with Crippen LogP contribution in [0, 0.1) is 5.92 Å². The lowest BCUT2D eigenvalue weighted by molar-refractivity contribution is -0.137. The largest absolute Gasteiger partial charge is 0.378 e. The molecule has 0 aromatic heterocycles. The summed E-state index contributed by atoms with van der Waals surface area (Å²) in [7, 11) is 0. The number of hydrogen-bond donors (Lipinski definition) is 1. The Morgan fingerprint density at radius 3 is 2.47 bits per heavy atom. The zero-order valence-corrected chi connectivity index (χ0v) is 12.2. The molecule has 0 bridgehead atoms. The third-order valence-electron chi connectivity index (χ3n) is 4.38. The van der Waals surface area contributed by atoms with Crippen molar-refractivity contribution in [2.45, 2.75) is 51.5 Å². The van der Waals surface area contributed by atoms with Crippen molar-refractivity contribution in [2.24, 2.45) is 5.92 Å². The van der Waals surface area contributed by atoms with Gasteiger partial charge in [-0.15, -0.1) is 0 Å². The van der Waals surface area contributed by atoms with Crippen molar-refractivity contribution in [3.63, 3.8) is 0 Å². The quantitative estimate of drug-likeness (QED) is 0.790. The van der Waals surface area contributed by atoms with Gasteiger partial charge in [0.2, 0.25) is 5.91 Å². The first-order chi connectivity index (χ1) is 9.27. The fourth-order valence-electron chi connectivity index (χ4n) is 3.06. The first-order valence-electron chi connectivity index (χ1n) is 7.87. The van der Waals surface area contributed by atoms with Gasteiger partial charge in [0, 0.05) is 13.1 Å². The summed E-state index contributed by atoms with van der Waals surface area (Å²) in [6.45, 7) is 5.84. The van der Waals surface area contributed by atoms with Crippen molar-refractivity contribution in [1.29, 1.82) is 0 Å². The van der Waals surface area contributed by atoms with E-state index in [4.69, 9.17) is 4.74 Å². The van der Waals surface area contributed by atoms with E-state index in [1.807, 2.05) is 11.8 Å². The molecular formula is C15H28N2O2. The van der Waals surface area contributed by atoms with Crippen LogP contribution in [0.5, 0.6) is 0 Å². The molecule has 2 aliphatic rings. The number of morpholine rings is 1. The lowest BCUT2D eigenvalue weighted by Gasteiger charge is -2.30. The van der Waals surface area contributed by atoms with Gasteiger partial charge in [0.15, 0.2) is 0 Å². The number of carbonyl (C=O) groups is 1. The molecule has 1 atom stereocenters. The first kappa shape index (κ1) is 14.8. The van der Waals surface area contributed by atoms with Gasteiger partial charge in [-0.25, -0.2) is 0 Å². The fourth-order valence-corrected chi connectivity index (χ4v) is 3.06. The van der Waals surface area contributed by atoms with Crippen LogP contribution in [0.2, 0.25) is 0 Å². The van der Waals surface area contributed by atoms with E-state index in [0.29, 0.717) is 13.2 Å². The molecule has 4 nitrogen and oxygen atoms in total. The molecule has 0 radical (unpaired) electrons. The Balaban J connectivity index is 1.70. The maximum absolute atomic E-state index is 12.2. The van der Waals surface area contributed by atoms with Gasteiger partial charge in [-0.2, -0.15) is 0 Å². The molecule has 4 heteroatoms. The Kier molecular flexibility index (Phi) is 6.11. The summed E-state index contributed by atoms with van der Waals surface area (Å²) in [5.74, 6) is 0.999. The Labute approximate surface area is 116 Å². The number of rotatable bonds is 4. The highest BCUT2D eigenvalue weighted by Crippen LogP contribution is 2.22. The smallest absolute Gasteiger partial charge is 0.239 e. The molecule has 1 N–H and O–H groups in total. The summed E-state index contributed by atoms with van der Waals surface area (Å²) in [5.41, 5.74) is 0. The van der Waals surface area contributed by atoms with Gasteiger partial charge in [-0.3, -0.25) is 4.79 Å². The minimum atomic E-state index is -0.0543. The lowest BCUT2D eigenvalue weighted by atomic mass is 10.00. The zero-order chi connectivity index (χ0) is 13.5. The molecule has 2 rings (SSSR count). The van der Waals surface area contributed by atoms with Crippen LogP contribution in [0.25, 0.3) is 0 Å². The third-order valence-corrected chi connectivity index (χ3v) is 4.38. The second-order valence-corrected chi connectivity index (χ2v) is 5.93. The molecule has 1 unspecified atom stereocenters. The van der Waals surface area contributed by atoms with Gasteiger partial charge in [-0.05, 0) is 32.2 Å². The summed E-state index contributed by atoms with van der Waals surface area (Å²) in [4.78, 5) is 14.2. The average molecular weight is 268 g/mol. The lowest BCUT2D eigenvalue weighted by Crippen LogP contribution is -2.49. The molecule has 1 heterocycles. The van der Waals surface area contributed by atoms with Gasteiger partial charge < -0.3 is 15.0 Å². The van der Waals surface area contributed by atoms with Crippen LogP contribution >= 0.6 is 0 Å². The van der Waals surface area contributed by atoms with Crippen LogP contribution in [-0.2, 0) is 9.53 Å². The monoisotopic (exact) mass is 268 g/mol.